The topological polar surface area (TPSA) is 81.5 Å². The predicted octanol–water partition coefficient (Wildman–Crippen LogP) is 4.82. The van der Waals surface area contributed by atoms with Crippen LogP contribution in [-0.4, -0.2) is 17.9 Å². The Morgan fingerprint density at radius 2 is 1.83 bits per heavy atom. The summed E-state index contributed by atoms with van der Waals surface area (Å²) >= 11 is 1.04. The molecule has 0 aromatic heterocycles. The highest BCUT2D eigenvalue weighted by atomic mass is 32.2. The Labute approximate surface area is 170 Å². The second-order valence-corrected chi connectivity index (χ2v) is 7.08. The highest BCUT2D eigenvalue weighted by Crippen LogP contribution is 2.34. The van der Waals surface area contributed by atoms with E-state index in [2.05, 4.69) is 5.32 Å². The van der Waals surface area contributed by atoms with Crippen molar-refractivity contribution in [3.63, 3.8) is 0 Å². The summed E-state index contributed by atoms with van der Waals surface area (Å²) in [5.41, 5.74) is 0.742. The highest BCUT2D eigenvalue weighted by Gasteiger charge is 2.18. The second kappa shape index (κ2) is 9.20. The maximum Gasteiger partial charge on any atom is 0.270 e. The van der Waals surface area contributed by atoms with Gasteiger partial charge in [0.1, 0.15) is 11.6 Å². The molecule has 0 saturated heterocycles. The van der Waals surface area contributed by atoms with Crippen molar-refractivity contribution in [1.29, 1.82) is 0 Å². The van der Waals surface area contributed by atoms with Gasteiger partial charge in [0, 0.05) is 28.5 Å². The summed E-state index contributed by atoms with van der Waals surface area (Å²) in [4.78, 5) is 24.1. The van der Waals surface area contributed by atoms with Crippen LogP contribution in [0.4, 0.5) is 10.1 Å². The van der Waals surface area contributed by atoms with Crippen molar-refractivity contribution in [2.75, 3.05) is 7.11 Å². The van der Waals surface area contributed by atoms with E-state index in [1.165, 1.54) is 24.3 Å². The maximum atomic E-state index is 14.0. The van der Waals surface area contributed by atoms with Gasteiger partial charge >= 0.3 is 0 Å². The predicted molar refractivity (Wildman–Crippen MR) is 108 cm³/mol. The van der Waals surface area contributed by atoms with Gasteiger partial charge in [-0.3, -0.25) is 14.9 Å². The minimum atomic E-state index is -0.572. The molecular weight excluding hydrogens is 395 g/mol. The van der Waals surface area contributed by atoms with Crippen LogP contribution in [0.25, 0.3) is 0 Å². The summed E-state index contributed by atoms with van der Waals surface area (Å²) in [7, 11) is 1.56. The molecule has 0 aliphatic rings. The summed E-state index contributed by atoms with van der Waals surface area (Å²) in [6.45, 7) is 0.231. The lowest BCUT2D eigenvalue weighted by Gasteiger charge is -2.11. The van der Waals surface area contributed by atoms with Crippen molar-refractivity contribution in [3.05, 3.63) is 93.8 Å². The Bertz CT molecular complexity index is 1040. The largest absolute Gasteiger partial charge is 0.497 e. The number of nitro benzene ring substituents is 1. The van der Waals surface area contributed by atoms with Gasteiger partial charge in [0.05, 0.1) is 17.6 Å². The van der Waals surface area contributed by atoms with Gasteiger partial charge in [-0.05, 0) is 35.9 Å². The first-order valence-corrected chi connectivity index (χ1v) is 9.41. The molecule has 1 amide bonds. The molecule has 8 heteroatoms. The average molecular weight is 412 g/mol. The van der Waals surface area contributed by atoms with Crippen LogP contribution < -0.4 is 10.1 Å². The number of ether oxygens (including phenoxy) is 1. The van der Waals surface area contributed by atoms with Gasteiger partial charge < -0.3 is 10.1 Å². The lowest BCUT2D eigenvalue weighted by atomic mass is 10.1. The summed E-state index contributed by atoms with van der Waals surface area (Å²) in [5.74, 6) is -0.217. The van der Waals surface area contributed by atoms with E-state index in [4.69, 9.17) is 4.74 Å². The van der Waals surface area contributed by atoms with E-state index in [1.807, 2.05) is 12.1 Å². The molecule has 3 aromatic rings. The number of nitrogens with zero attached hydrogens (tertiary/aromatic N) is 1. The molecular formula is C21H17FN2O4S. The molecule has 0 spiro atoms. The van der Waals surface area contributed by atoms with E-state index in [0.717, 1.165) is 17.3 Å². The summed E-state index contributed by atoms with van der Waals surface area (Å²) in [5, 5.41) is 13.9. The number of non-ortho nitro benzene ring substituents is 1. The summed E-state index contributed by atoms with van der Waals surface area (Å²) in [6, 6.07) is 17.3. The molecule has 0 aliphatic carbocycles. The minimum absolute atomic E-state index is 0.112. The van der Waals surface area contributed by atoms with Crippen molar-refractivity contribution in [3.8, 4) is 5.75 Å². The SMILES string of the molecule is COc1ccc(CNC(=O)c2cc([N+](=O)[O-])ccc2Sc2ccccc2F)cc1. The van der Waals surface area contributed by atoms with E-state index in [0.29, 0.717) is 15.5 Å². The monoisotopic (exact) mass is 412 g/mol. The van der Waals surface area contributed by atoms with Crippen molar-refractivity contribution < 1.29 is 18.8 Å². The average Bonchev–Trinajstić information content (AvgIpc) is 2.74. The molecule has 0 bridgehead atoms. The number of hydrogen-bond donors (Lipinski definition) is 1. The zero-order chi connectivity index (χ0) is 20.8. The smallest absolute Gasteiger partial charge is 0.270 e. The molecule has 0 unspecified atom stereocenters. The standard InChI is InChI=1S/C21H17FN2O4S/c1-28-16-9-6-14(7-10-16)13-23-21(25)17-12-15(24(26)27)8-11-19(17)29-20-5-3-2-4-18(20)22/h2-12H,13H2,1H3,(H,23,25). The number of hydrogen-bond acceptors (Lipinski definition) is 5. The molecule has 6 nitrogen and oxygen atoms in total. The van der Waals surface area contributed by atoms with E-state index in [1.54, 1.807) is 37.4 Å². The van der Waals surface area contributed by atoms with E-state index >= 15 is 0 Å². The number of benzene rings is 3. The van der Waals surface area contributed by atoms with Crippen LogP contribution >= 0.6 is 11.8 Å². The number of carbonyl (C=O) groups is 1. The molecule has 0 fully saturated rings. The van der Waals surface area contributed by atoms with Crippen LogP contribution in [0.1, 0.15) is 15.9 Å². The fourth-order valence-corrected chi connectivity index (χ4v) is 3.51. The van der Waals surface area contributed by atoms with Gasteiger partial charge in [0.25, 0.3) is 11.6 Å². The number of nitrogens with one attached hydrogen (secondary N) is 1. The summed E-state index contributed by atoms with van der Waals surface area (Å²) < 4.78 is 19.1. The van der Waals surface area contributed by atoms with Gasteiger partial charge in [-0.2, -0.15) is 0 Å². The molecule has 0 aliphatic heterocycles. The molecule has 0 saturated carbocycles. The van der Waals surface area contributed by atoms with Crippen LogP contribution in [0.15, 0.2) is 76.5 Å². The normalized spacial score (nSPS) is 10.4. The van der Waals surface area contributed by atoms with Crippen LogP contribution in [-0.2, 0) is 6.54 Å². The van der Waals surface area contributed by atoms with Crippen LogP contribution in [0.3, 0.4) is 0 Å². The third-order valence-electron chi connectivity index (χ3n) is 4.09. The molecule has 1 N–H and O–H groups in total. The van der Waals surface area contributed by atoms with E-state index < -0.39 is 16.6 Å². The second-order valence-electron chi connectivity index (χ2n) is 6.00. The lowest BCUT2D eigenvalue weighted by molar-refractivity contribution is -0.384. The first kappa shape index (κ1) is 20.3. The van der Waals surface area contributed by atoms with Gasteiger partial charge in [-0.25, -0.2) is 4.39 Å². The van der Waals surface area contributed by atoms with Gasteiger partial charge in [-0.1, -0.05) is 36.0 Å². The molecule has 3 rings (SSSR count). The third kappa shape index (κ3) is 5.11. The van der Waals surface area contributed by atoms with Gasteiger partial charge in [0.2, 0.25) is 0 Å². The Kier molecular flexibility index (Phi) is 6.46. The van der Waals surface area contributed by atoms with Gasteiger partial charge in [-0.15, -0.1) is 0 Å². The first-order chi connectivity index (χ1) is 14.0. The number of methoxy groups -OCH3 is 1. The van der Waals surface area contributed by atoms with Crippen LogP contribution in [0.5, 0.6) is 5.75 Å². The van der Waals surface area contributed by atoms with Crippen molar-refractivity contribution >= 4 is 23.4 Å². The zero-order valence-electron chi connectivity index (χ0n) is 15.4. The Hall–Kier alpha value is -3.39. The van der Waals surface area contributed by atoms with Gasteiger partial charge in [0.15, 0.2) is 0 Å². The van der Waals surface area contributed by atoms with Crippen molar-refractivity contribution in [1.82, 2.24) is 5.32 Å². The summed E-state index contributed by atoms with van der Waals surface area (Å²) in [6.07, 6.45) is 0. The highest BCUT2D eigenvalue weighted by molar-refractivity contribution is 7.99. The number of nitro groups is 1. The van der Waals surface area contributed by atoms with Crippen molar-refractivity contribution in [2.24, 2.45) is 0 Å². The number of carbonyl (C=O) groups excluding carboxylic acids is 1. The Morgan fingerprint density at radius 1 is 1.10 bits per heavy atom. The molecule has 0 atom stereocenters. The fraction of sp³-hybridized carbons (Fsp3) is 0.0952. The van der Waals surface area contributed by atoms with E-state index in [9.17, 15) is 19.3 Å². The number of rotatable bonds is 7. The van der Waals surface area contributed by atoms with E-state index in [-0.39, 0.29) is 17.8 Å². The lowest BCUT2D eigenvalue weighted by Crippen LogP contribution is -2.23. The Morgan fingerprint density at radius 3 is 2.48 bits per heavy atom. The zero-order valence-corrected chi connectivity index (χ0v) is 16.2. The van der Waals surface area contributed by atoms with Crippen LogP contribution in [0.2, 0.25) is 0 Å². The molecule has 0 radical (unpaired) electrons. The third-order valence-corrected chi connectivity index (χ3v) is 5.21. The molecule has 3 aromatic carbocycles. The Balaban J connectivity index is 1.84. The maximum absolute atomic E-state index is 14.0. The van der Waals surface area contributed by atoms with Crippen molar-refractivity contribution in [2.45, 2.75) is 16.3 Å². The fourth-order valence-electron chi connectivity index (χ4n) is 2.56. The first-order valence-electron chi connectivity index (χ1n) is 8.60. The minimum Gasteiger partial charge on any atom is -0.497 e. The quantitative estimate of drug-likeness (QED) is 0.444. The number of halogens is 1. The van der Waals surface area contributed by atoms with Crippen LogP contribution in [0, 0.1) is 15.9 Å². The molecule has 29 heavy (non-hydrogen) atoms. The number of amides is 1. The molecule has 0 heterocycles. The molecule has 148 valence electrons.